The topological polar surface area (TPSA) is 38.3 Å². The van der Waals surface area contributed by atoms with Crippen molar-refractivity contribution in [1.29, 1.82) is 0 Å². The Balaban J connectivity index is 2.40. The summed E-state index contributed by atoms with van der Waals surface area (Å²) in [7, 11) is 1.64. The van der Waals surface area contributed by atoms with Crippen molar-refractivity contribution in [2.45, 2.75) is 26.7 Å². The maximum atomic E-state index is 11.5. The summed E-state index contributed by atoms with van der Waals surface area (Å²) in [4.78, 5) is 11.5. The summed E-state index contributed by atoms with van der Waals surface area (Å²) >= 11 is 3.45. The lowest BCUT2D eigenvalue weighted by molar-refractivity contribution is -0.121. The van der Waals surface area contributed by atoms with E-state index in [9.17, 15) is 4.79 Å². The predicted molar refractivity (Wildman–Crippen MR) is 76.9 cm³/mol. The van der Waals surface area contributed by atoms with Gasteiger partial charge in [0.25, 0.3) is 0 Å². The molecule has 0 aliphatic carbocycles. The highest BCUT2D eigenvalue weighted by molar-refractivity contribution is 9.10. The van der Waals surface area contributed by atoms with Gasteiger partial charge in [-0.05, 0) is 46.0 Å². The monoisotopic (exact) mass is 313 g/mol. The van der Waals surface area contributed by atoms with Gasteiger partial charge >= 0.3 is 0 Å². The minimum Gasteiger partial charge on any atom is -0.496 e. The van der Waals surface area contributed by atoms with Crippen molar-refractivity contribution in [2.24, 2.45) is 5.92 Å². The molecule has 0 atom stereocenters. The summed E-state index contributed by atoms with van der Waals surface area (Å²) in [5.74, 6) is 1.35. The molecule has 1 aromatic rings. The molecule has 0 spiro atoms. The molecule has 18 heavy (non-hydrogen) atoms. The molecule has 0 heterocycles. The Bertz CT molecular complexity index is 405. The van der Waals surface area contributed by atoms with Gasteiger partial charge in [-0.1, -0.05) is 19.9 Å². The first-order chi connectivity index (χ1) is 8.52. The SMILES string of the molecule is COc1ccc(CCNC(=O)CC(C)C)cc1Br. The van der Waals surface area contributed by atoms with Crippen LogP contribution in [0.15, 0.2) is 22.7 Å². The summed E-state index contributed by atoms with van der Waals surface area (Å²) < 4.78 is 6.11. The number of ether oxygens (including phenoxy) is 1. The average Bonchev–Trinajstić information content (AvgIpc) is 2.28. The number of nitrogens with one attached hydrogen (secondary N) is 1. The molecule has 0 saturated heterocycles. The molecular weight excluding hydrogens is 294 g/mol. The highest BCUT2D eigenvalue weighted by Gasteiger charge is 2.05. The molecule has 0 unspecified atom stereocenters. The minimum atomic E-state index is 0.123. The van der Waals surface area contributed by atoms with Gasteiger partial charge in [-0.3, -0.25) is 4.79 Å². The molecule has 1 amide bonds. The smallest absolute Gasteiger partial charge is 0.220 e. The Morgan fingerprint density at radius 3 is 2.72 bits per heavy atom. The highest BCUT2D eigenvalue weighted by Crippen LogP contribution is 2.25. The number of methoxy groups -OCH3 is 1. The van der Waals surface area contributed by atoms with Crippen molar-refractivity contribution in [3.63, 3.8) is 0 Å². The minimum absolute atomic E-state index is 0.123. The van der Waals surface area contributed by atoms with Crippen LogP contribution >= 0.6 is 15.9 Å². The van der Waals surface area contributed by atoms with Crippen molar-refractivity contribution >= 4 is 21.8 Å². The van der Waals surface area contributed by atoms with E-state index in [0.29, 0.717) is 18.9 Å². The molecule has 0 saturated carbocycles. The van der Waals surface area contributed by atoms with Crippen LogP contribution in [0.25, 0.3) is 0 Å². The molecule has 3 nitrogen and oxygen atoms in total. The number of benzene rings is 1. The third-order valence-electron chi connectivity index (χ3n) is 2.55. The Morgan fingerprint density at radius 2 is 2.17 bits per heavy atom. The number of rotatable bonds is 6. The summed E-state index contributed by atoms with van der Waals surface area (Å²) in [6, 6.07) is 5.96. The molecule has 0 fully saturated rings. The van der Waals surface area contributed by atoms with E-state index in [2.05, 4.69) is 21.2 Å². The Hall–Kier alpha value is -1.03. The maximum absolute atomic E-state index is 11.5. The first kappa shape index (κ1) is 15.0. The Morgan fingerprint density at radius 1 is 1.44 bits per heavy atom. The zero-order chi connectivity index (χ0) is 13.5. The quantitative estimate of drug-likeness (QED) is 0.876. The van der Waals surface area contributed by atoms with E-state index in [4.69, 9.17) is 4.74 Å². The zero-order valence-corrected chi connectivity index (χ0v) is 12.7. The van der Waals surface area contributed by atoms with Gasteiger partial charge in [-0.15, -0.1) is 0 Å². The van der Waals surface area contributed by atoms with Crippen LogP contribution in [0, 0.1) is 5.92 Å². The molecule has 4 heteroatoms. The van der Waals surface area contributed by atoms with Crippen molar-refractivity contribution in [3.05, 3.63) is 28.2 Å². The van der Waals surface area contributed by atoms with Crippen LogP contribution in [0.1, 0.15) is 25.8 Å². The summed E-state index contributed by atoms with van der Waals surface area (Å²) in [6.07, 6.45) is 1.42. The molecule has 0 aliphatic rings. The molecule has 1 aromatic carbocycles. The van der Waals surface area contributed by atoms with Crippen LogP contribution in [0.2, 0.25) is 0 Å². The van der Waals surface area contributed by atoms with Crippen molar-refractivity contribution in [3.8, 4) is 5.75 Å². The Labute approximate surface area is 117 Å². The fourth-order valence-corrected chi connectivity index (χ4v) is 2.24. The maximum Gasteiger partial charge on any atom is 0.220 e. The van der Waals surface area contributed by atoms with Crippen LogP contribution in [0.4, 0.5) is 0 Å². The predicted octanol–water partition coefficient (Wildman–Crippen LogP) is 3.16. The third kappa shape index (κ3) is 5.08. The van der Waals surface area contributed by atoms with E-state index in [1.807, 2.05) is 32.0 Å². The average molecular weight is 314 g/mol. The molecule has 1 N–H and O–H groups in total. The van der Waals surface area contributed by atoms with Crippen LogP contribution in [-0.2, 0) is 11.2 Å². The van der Waals surface area contributed by atoms with E-state index >= 15 is 0 Å². The third-order valence-corrected chi connectivity index (χ3v) is 3.17. The number of hydrogen-bond donors (Lipinski definition) is 1. The van der Waals surface area contributed by atoms with Crippen LogP contribution in [-0.4, -0.2) is 19.6 Å². The van der Waals surface area contributed by atoms with E-state index < -0.39 is 0 Å². The van der Waals surface area contributed by atoms with Crippen LogP contribution in [0.3, 0.4) is 0 Å². The molecule has 0 aliphatic heterocycles. The fraction of sp³-hybridized carbons (Fsp3) is 0.500. The van der Waals surface area contributed by atoms with Gasteiger partial charge < -0.3 is 10.1 Å². The van der Waals surface area contributed by atoms with Gasteiger partial charge in [0.1, 0.15) is 5.75 Å². The van der Waals surface area contributed by atoms with E-state index in [0.717, 1.165) is 16.6 Å². The molecule has 0 radical (unpaired) electrons. The number of carbonyl (C=O) groups excluding carboxylic acids is 1. The van der Waals surface area contributed by atoms with Crippen molar-refractivity contribution in [2.75, 3.05) is 13.7 Å². The van der Waals surface area contributed by atoms with Crippen LogP contribution in [0.5, 0.6) is 5.75 Å². The molecule has 1 rings (SSSR count). The lowest BCUT2D eigenvalue weighted by Gasteiger charge is -2.08. The second-order valence-electron chi connectivity index (χ2n) is 4.67. The number of amides is 1. The standard InChI is InChI=1S/C14H20BrNO2/c1-10(2)8-14(17)16-7-6-11-4-5-13(18-3)12(15)9-11/h4-5,9-10H,6-8H2,1-3H3,(H,16,17). The summed E-state index contributed by atoms with van der Waals surface area (Å²) in [6.45, 7) is 4.75. The molecule has 100 valence electrons. The van der Waals surface area contributed by atoms with E-state index in [1.165, 1.54) is 5.56 Å². The molecular formula is C14H20BrNO2. The van der Waals surface area contributed by atoms with Crippen molar-refractivity contribution < 1.29 is 9.53 Å². The summed E-state index contributed by atoms with van der Waals surface area (Å²) in [5, 5.41) is 2.93. The van der Waals surface area contributed by atoms with Crippen LogP contribution < -0.4 is 10.1 Å². The second-order valence-corrected chi connectivity index (χ2v) is 5.52. The number of carbonyl (C=O) groups is 1. The van der Waals surface area contributed by atoms with E-state index in [-0.39, 0.29) is 5.91 Å². The van der Waals surface area contributed by atoms with E-state index in [1.54, 1.807) is 7.11 Å². The van der Waals surface area contributed by atoms with Gasteiger partial charge in [0.05, 0.1) is 11.6 Å². The second kappa shape index (κ2) is 7.41. The highest BCUT2D eigenvalue weighted by atomic mass is 79.9. The lowest BCUT2D eigenvalue weighted by atomic mass is 10.1. The van der Waals surface area contributed by atoms with Gasteiger partial charge in [0.2, 0.25) is 5.91 Å². The summed E-state index contributed by atoms with van der Waals surface area (Å²) in [5.41, 5.74) is 1.17. The van der Waals surface area contributed by atoms with Gasteiger partial charge in [-0.25, -0.2) is 0 Å². The number of hydrogen-bond acceptors (Lipinski definition) is 2. The lowest BCUT2D eigenvalue weighted by Crippen LogP contribution is -2.26. The number of halogens is 1. The van der Waals surface area contributed by atoms with Crippen molar-refractivity contribution in [1.82, 2.24) is 5.32 Å². The first-order valence-electron chi connectivity index (χ1n) is 6.12. The normalized spacial score (nSPS) is 10.5. The van der Waals surface area contributed by atoms with Gasteiger partial charge in [0.15, 0.2) is 0 Å². The van der Waals surface area contributed by atoms with Gasteiger partial charge in [0, 0.05) is 13.0 Å². The fourth-order valence-electron chi connectivity index (χ4n) is 1.65. The molecule has 0 bridgehead atoms. The molecule has 0 aromatic heterocycles. The first-order valence-corrected chi connectivity index (χ1v) is 6.91. The van der Waals surface area contributed by atoms with Gasteiger partial charge in [-0.2, -0.15) is 0 Å². The Kier molecular flexibility index (Phi) is 6.19. The largest absolute Gasteiger partial charge is 0.496 e. The zero-order valence-electron chi connectivity index (χ0n) is 11.1.